The summed E-state index contributed by atoms with van der Waals surface area (Å²) in [5.41, 5.74) is 0. The molecule has 2 fully saturated rings. The minimum absolute atomic E-state index is 0.477. The Morgan fingerprint density at radius 3 is 2.75 bits per heavy atom. The maximum Gasteiger partial charge on any atom is 0.0699 e. The fourth-order valence-corrected chi connectivity index (χ4v) is 2.49. The Kier molecular flexibility index (Phi) is 5.07. The van der Waals surface area contributed by atoms with Gasteiger partial charge in [0.25, 0.3) is 0 Å². The van der Waals surface area contributed by atoms with Crippen molar-refractivity contribution in [2.24, 2.45) is 0 Å². The summed E-state index contributed by atoms with van der Waals surface area (Å²) < 4.78 is 5.70. The van der Waals surface area contributed by atoms with Crippen LogP contribution >= 0.6 is 0 Å². The van der Waals surface area contributed by atoms with E-state index in [2.05, 4.69) is 17.1 Å². The van der Waals surface area contributed by atoms with Crippen LogP contribution in [0.4, 0.5) is 0 Å². The van der Waals surface area contributed by atoms with E-state index < -0.39 is 0 Å². The summed E-state index contributed by atoms with van der Waals surface area (Å²) in [5, 5.41) is 3.54. The highest BCUT2D eigenvalue weighted by Gasteiger charge is 2.27. The highest BCUT2D eigenvalue weighted by atomic mass is 16.5. The first-order valence-corrected chi connectivity index (χ1v) is 6.96. The van der Waals surface area contributed by atoms with Gasteiger partial charge in [0, 0.05) is 32.3 Å². The Labute approximate surface area is 99.5 Å². The number of ether oxygens (including phenoxy) is 1. The van der Waals surface area contributed by atoms with Gasteiger partial charge in [0.1, 0.15) is 0 Å². The molecule has 2 rings (SSSR count). The van der Waals surface area contributed by atoms with E-state index in [9.17, 15) is 0 Å². The van der Waals surface area contributed by atoms with Crippen LogP contribution in [0, 0.1) is 0 Å². The molecule has 1 saturated carbocycles. The summed E-state index contributed by atoms with van der Waals surface area (Å²) >= 11 is 0. The van der Waals surface area contributed by atoms with E-state index in [0.29, 0.717) is 6.10 Å². The molecule has 0 aromatic rings. The topological polar surface area (TPSA) is 24.5 Å². The second-order valence-electron chi connectivity index (χ2n) is 5.05. The van der Waals surface area contributed by atoms with Crippen LogP contribution in [0.15, 0.2) is 0 Å². The van der Waals surface area contributed by atoms with E-state index in [1.807, 2.05) is 0 Å². The summed E-state index contributed by atoms with van der Waals surface area (Å²) in [6, 6.07) is 0.901. The summed E-state index contributed by atoms with van der Waals surface area (Å²) in [5.74, 6) is 0. The van der Waals surface area contributed by atoms with Gasteiger partial charge in [0.2, 0.25) is 0 Å². The number of rotatable bonds is 7. The monoisotopic (exact) mass is 226 g/mol. The zero-order valence-electron chi connectivity index (χ0n) is 10.6. The first-order chi connectivity index (χ1) is 7.90. The molecule has 1 aliphatic carbocycles. The number of hydrogen-bond acceptors (Lipinski definition) is 3. The molecule has 0 amide bonds. The van der Waals surface area contributed by atoms with Crippen LogP contribution in [-0.2, 0) is 4.74 Å². The summed E-state index contributed by atoms with van der Waals surface area (Å²) in [6.07, 6.45) is 7.15. The number of nitrogens with one attached hydrogen (secondary N) is 1. The smallest absolute Gasteiger partial charge is 0.0699 e. The molecule has 2 aliphatic rings. The molecule has 1 unspecified atom stereocenters. The minimum atomic E-state index is 0.477. The molecule has 0 spiro atoms. The fraction of sp³-hybridized carbons (Fsp3) is 1.00. The van der Waals surface area contributed by atoms with Crippen molar-refractivity contribution >= 4 is 0 Å². The van der Waals surface area contributed by atoms with Gasteiger partial charge in [-0.25, -0.2) is 0 Å². The van der Waals surface area contributed by atoms with Crippen LogP contribution in [0.1, 0.15) is 39.0 Å². The highest BCUT2D eigenvalue weighted by Crippen LogP contribution is 2.25. The second-order valence-corrected chi connectivity index (χ2v) is 5.05. The molecule has 94 valence electrons. The van der Waals surface area contributed by atoms with Gasteiger partial charge in [-0.05, 0) is 38.6 Å². The number of nitrogens with zero attached hydrogens (tertiary/aromatic N) is 1. The van der Waals surface area contributed by atoms with E-state index in [0.717, 1.165) is 25.7 Å². The second kappa shape index (κ2) is 6.58. The first kappa shape index (κ1) is 12.3. The molecular weight excluding hydrogens is 200 g/mol. The fourth-order valence-electron chi connectivity index (χ4n) is 2.49. The van der Waals surface area contributed by atoms with Gasteiger partial charge < -0.3 is 10.1 Å². The average molecular weight is 226 g/mol. The van der Waals surface area contributed by atoms with Crippen LogP contribution in [0.3, 0.4) is 0 Å². The van der Waals surface area contributed by atoms with Gasteiger partial charge in [-0.3, -0.25) is 4.90 Å². The Balaban J connectivity index is 1.50. The van der Waals surface area contributed by atoms with Crippen LogP contribution < -0.4 is 5.32 Å². The molecule has 3 heteroatoms. The molecule has 16 heavy (non-hydrogen) atoms. The van der Waals surface area contributed by atoms with E-state index in [1.54, 1.807) is 0 Å². The number of hydrogen-bond donors (Lipinski definition) is 1. The van der Waals surface area contributed by atoms with Gasteiger partial charge in [-0.15, -0.1) is 0 Å². The van der Waals surface area contributed by atoms with Crippen LogP contribution in [0.5, 0.6) is 0 Å². The largest absolute Gasteiger partial charge is 0.377 e. The van der Waals surface area contributed by atoms with Gasteiger partial charge in [-0.2, -0.15) is 0 Å². The van der Waals surface area contributed by atoms with Crippen molar-refractivity contribution in [2.45, 2.75) is 51.2 Å². The van der Waals surface area contributed by atoms with Gasteiger partial charge in [-0.1, -0.05) is 6.92 Å². The third-order valence-corrected chi connectivity index (χ3v) is 3.69. The van der Waals surface area contributed by atoms with E-state index in [1.165, 1.54) is 45.2 Å². The lowest BCUT2D eigenvalue weighted by Gasteiger charge is -2.24. The summed E-state index contributed by atoms with van der Waals surface area (Å²) in [6.45, 7) is 7.80. The van der Waals surface area contributed by atoms with E-state index in [4.69, 9.17) is 4.74 Å². The van der Waals surface area contributed by atoms with Crippen LogP contribution in [0.25, 0.3) is 0 Å². The molecule has 0 bridgehead atoms. The lowest BCUT2D eigenvalue weighted by Crippen LogP contribution is -2.38. The van der Waals surface area contributed by atoms with E-state index >= 15 is 0 Å². The van der Waals surface area contributed by atoms with Crippen molar-refractivity contribution in [3.05, 3.63) is 0 Å². The third-order valence-electron chi connectivity index (χ3n) is 3.69. The Morgan fingerprint density at radius 1 is 1.25 bits per heavy atom. The Morgan fingerprint density at radius 2 is 2.12 bits per heavy atom. The number of likely N-dealkylation sites (N-methyl/N-ethyl adjacent to an activating group) is 1. The molecule has 1 heterocycles. The predicted molar refractivity (Wildman–Crippen MR) is 66.7 cm³/mol. The molecule has 1 aliphatic heterocycles. The minimum Gasteiger partial charge on any atom is -0.377 e. The van der Waals surface area contributed by atoms with Crippen molar-refractivity contribution in [1.29, 1.82) is 0 Å². The molecular formula is C13H26N2O. The lowest BCUT2D eigenvalue weighted by atomic mass is 10.1. The van der Waals surface area contributed by atoms with Gasteiger partial charge in [0.15, 0.2) is 0 Å². The first-order valence-electron chi connectivity index (χ1n) is 6.96. The summed E-state index contributed by atoms with van der Waals surface area (Å²) in [7, 11) is 0. The third kappa shape index (κ3) is 4.04. The average Bonchev–Trinajstić information content (AvgIpc) is 3.15. The normalized spacial score (nSPS) is 26.2. The van der Waals surface area contributed by atoms with Crippen molar-refractivity contribution in [3.63, 3.8) is 0 Å². The maximum atomic E-state index is 5.70. The molecule has 0 radical (unpaired) electrons. The van der Waals surface area contributed by atoms with Crippen molar-refractivity contribution in [2.75, 3.05) is 32.8 Å². The van der Waals surface area contributed by atoms with Crippen molar-refractivity contribution in [1.82, 2.24) is 10.2 Å². The van der Waals surface area contributed by atoms with Gasteiger partial charge >= 0.3 is 0 Å². The lowest BCUT2D eigenvalue weighted by molar-refractivity contribution is 0.0167. The zero-order valence-corrected chi connectivity index (χ0v) is 10.6. The standard InChI is InChI=1S/C13H26N2O/c1-2-15(12-6-7-12)9-8-14-11-13-5-3-4-10-16-13/h12-14H,2-11H2,1H3. The predicted octanol–water partition coefficient (Wildman–Crippen LogP) is 1.63. The van der Waals surface area contributed by atoms with Gasteiger partial charge in [0.05, 0.1) is 6.10 Å². The maximum absolute atomic E-state index is 5.70. The highest BCUT2D eigenvalue weighted by molar-refractivity contribution is 4.84. The Bertz CT molecular complexity index is 188. The zero-order chi connectivity index (χ0) is 11.2. The molecule has 1 saturated heterocycles. The molecule has 1 N–H and O–H groups in total. The van der Waals surface area contributed by atoms with Crippen molar-refractivity contribution < 1.29 is 4.74 Å². The molecule has 1 atom stereocenters. The molecule has 3 nitrogen and oxygen atoms in total. The molecule has 0 aromatic heterocycles. The van der Waals surface area contributed by atoms with E-state index in [-0.39, 0.29) is 0 Å². The SMILES string of the molecule is CCN(CCNCC1CCCCO1)C1CC1. The molecule has 0 aromatic carbocycles. The van der Waals surface area contributed by atoms with Crippen molar-refractivity contribution in [3.8, 4) is 0 Å². The van der Waals surface area contributed by atoms with Crippen LogP contribution in [0.2, 0.25) is 0 Å². The quantitative estimate of drug-likeness (QED) is 0.668. The van der Waals surface area contributed by atoms with Crippen LogP contribution in [-0.4, -0.2) is 49.8 Å². The summed E-state index contributed by atoms with van der Waals surface area (Å²) in [4.78, 5) is 2.59. The Hall–Kier alpha value is -0.120.